The van der Waals surface area contributed by atoms with Crippen LogP contribution in [-0.2, 0) is 0 Å². The van der Waals surface area contributed by atoms with Crippen molar-refractivity contribution in [2.45, 2.75) is 23.0 Å². The third-order valence-electron chi connectivity index (χ3n) is 3.27. The molecule has 0 amide bonds. The van der Waals surface area contributed by atoms with Crippen LogP contribution in [0.5, 0.6) is 0 Å². The molecule has 2 atom stereocenters. The van der Waals surface area contributed by atoms with E-state index in [9.17, 15) is 4.79 Å². The Labute approximate surface area is 153 Å². The molecule has 0 heterocycles. The fourth-order valence-electron chi connectivity index (χ4n) is 2.06. The van der Waals surface area contributed by atoms with Crippen molar-refractivity contribution in [1.29, 1.82) is 0 Å². The summed E-state index contributed by atoms with van der Waals surface area (Å²) in [6.45, 7) is 0. The predicted octanol–water partition coefficient (Wildman–Crippen LogP) is -1.50. The zero-order valence-electron chi connectivity index (χ0n) is 12.9. The predicted molar refractivity (Wildman–Crippen MR) is 95.9 cm³/mol. The summed E-state index contributed by atoms with van der Waals surface area (Å²) >= 11 is -1.20. The van der Waals surface area contributed by atoms with Gasteiger partial charge in [0.2, 0.25) is 0 Å². The molecule has 24 heavy (non-hydrogen) atoms. The van der Waals surface area contributed by atoms with E-state index in [0.717, 1.165) is 8.70 Å². The van der Waals surface area contributed by atoms with Gasteiger partial charge in [0.1, 0.15) is 0 Å². The number of carbonyl (C=O) groups is 1. The standard InChI is InChI=1S/C17H20As2O5/c20-15(21)9-18-13-5-1-11(2-6-13)17(24)12-3-7-14(8-4-12)19-10-16(22)23/h1-8,15-16,18-23H,9-10H2. The van der Waals surface area contributed by atoms with Gasteiger partial charge in [0.15, 0.2) is 0 Å². The molecule has 0 aromatic heterocycles. The summed E-state index contributed by atoms with van der Waals surface area (Å²) in [6, 6.07) is 14.6. The summed E-state index contributed by atoms with van der Waals surface area (Å²) in [5.74, 6) is -0.0579. The first-order valence-electron chi connectivity index (χ1n) is 7.40. The SMILES string of the molecule is O=C(c1ccc([AsH]CC(O)O)cc1)c1ccc([AsH]CC(O)O)cc1. The minimum absolute atomic E-state index is 0.0579. The van der Waals surface area contributed by atoms with Gasteiger partial charge in [0.05, 0.1) is 0 Å². The molecule has 4 N–H and O–H groups in total. The molecular formula is C17H20As2O5. The molecule has 128 valence electrons. The molecule has 0 radical (unpaired) electrons. The Bertz CT molecular complexity index is 596. The molecule has 0 saturated carbocycles. The summed E-state index contributed by atoms with van der Waals surface area (Å²) < 4.78 is 2.14. The van der Waals surface area contributed by atoms with Crippen LogP contribution in [0, 0.1) is 0 Å². The van der Waals surface area contributed by atoms with E-state index in [4.69, 9.17) is 20.4 Å². The summed E-state index contributed by atoms with van der Waals surface area (Å²) in [5.41, 5.74) is 1.20. The van der Waals surface area contributed by atoms with Crippen molar-refractivity contribution < 1.29 is 25.2 Å². The molecule has 2 aromatic rings. The number of aliphatic hydroxyl groups excluding tert-OH is 2. The van der Waals surface area contributed by atoms with E-state index >= 15 is 0 Å². The van der Waals surface area contributed by atoms with Gasteiger partial charge in [-0.25, -0.2) is 0 Å². The Hall–Kier alpha value is -0.933. The Morgan fingerprint density at radius 2 is 1.04 bits per heavy atom. The molecule has 0 saturated heterocycles. The maximum absolute atomic E-state index is 12.5. The molecular weight excluding hydrogens is 434 g/mol. The quantitative estimate of drug-likeness (QED) is 0.221. The van der Waals surface area contributed by atoms with Gasteiger partial charge in [-0.3, -0.25) is 0 Å². The van der Waals surface area contributed by atoms with Crippen LogP contribution in [0.1, 0.15) is 15.9 Å². The number of hydrogen-bond donors (Lipinski definition) is 4. The summed E-state index contributed by atoms with van der Waals surface area (Å²) in [6.07, 6.45) is -2.53. The molecule has 7 heteroatoms. The van der Waals surface area contributed by atoms with Crippen molar-refractivity contribution in [3.63, 3.8) is 0 Å². The molecule has 2 rings (SSSR count). The van der Waals surface area contributed by atoms with Gasteiger partial charge in [0, 0.05) is 0 Å². The first kappa shape index (κ1) is 19.4. The molecule has 0 aliphatic rings. The van der Waals surface area contributed by atoms with Gasteiger partial charge in [-0.15, -0.1) is 0 Å². The molecule has 2 aromatic carbocycles. The second kappa shape index (κ2) is 9.52. The normalized spacial score (nSPS) is 12.2. The topological polar surface area (TPSA) is 98.0 Å². The van der Waals surface area contributed by atoms with E-state index in [0.29, 0.717) is 21.5 Å². The maximum atomic E-state index is 12.5. The van der Waals surface area contributed by atoms with Crippen molar-refractivity contribution in [1.82, 2.24) is 0 Å². The number of ketones is 1. The zero-order chi connectivity index (χ0) is 17.5. The second-order valence-electron chi connectivity index (χ2n) is 5.21. The van der Waals surface area contributed by atoms with Crippen LogP contribution in [0.4, 0.5) is 0 Å². The van der Waals surface area contributed by atoms with Crippen LogP contribution >= 0.6 is 0 Å². The van der Waals surface area contributed by atoms with Gasteiger partial charge in [-0.05, 0) is 0 Å². The van der Waals surface area contributed by atoms with Gasteiger partial charge in [-0.1, -0.05) is 0 Å². The molecule has 5 nitrogen and oxygen atoms in total. The molecule has 0 spiro atoms. The van der Waals surface area contributed by atoms with Gasteiger partial charge in [0.25, 0.3) is 0 Å². The van der Waals surface area contributed by atoms with Crippen LogP contribution in [-0.4, -0.2) is 70.3 Å². The van der Waals surface area contributed by atoms with E-state index < -0.39 is 44.1 Å². The first-order chi connectivity index (χ1) is 11.5. The summed E-state index contributed by atoms with van der Waals surface area (Å²) in [7, 11) is 0. The average Bonchev–Trinajstić information content (AvgIpc) is 2.58. The van der Waals surface area contributed by atoms with Crippen LogP contribution in [0.3, 0.4) is 0 Å². The minimum atomic E-state index is -1.26. The van der Waals surface area contributed by atoms with E-state index in [1.165, 1.54) is 0 Å². The van der Waals surface area contributed by atoms with E-state index in [1.807, 2.05) is 24.3 Å². The van der Waals surface area contributed by atoms with Crippen molar-refractivity contribution in [2.75, 3.05) is 0 Å². The van der Waals surface area contributed by atoms with Crippen LogP contribution in [0.2, 0.25) is 10.4 Å². The Morgan fingerprint density at radius 3 is 1.33 bits per heavy atom. The third kappa shape index (κ3) is 6.17. The van der Waals surface area contributed by atoms with E-state index in [2.05, 4.69) is 0 Å². The first-order valence-corrected chi connectivity index (χ1v) is 12.5. The van der Waals surface area contributed by atoms with Crippen molar-refractivity contribution in [3.8, 4) is 0 Å². The van der Waals surface area contributed by atoms with Gasteiger partial charge >= 0.3 is 154 Å². The van der Waals surface area contributed by atoms with Crippen LogP contribution < -0.4 is 8.70 Å². The number of hydrogen-bond acceptors (Lipinski definition) is 5. The monoisotopic (exact) mass is 454 g/mol. The molecule has 0 bridgehead atoms. The van der Waals surface area contributed by atoms with Gasteiger partial charge < -0.3 is 0 Å². The van der Waals surface area contributed by atoms with Crippen molar-refractivity contribution in [3.05, 3.63) is 59.7 Å². The van der Waals surface area contributed by atoms with Crippen molar-refractivity contribution in [2.24, 2.45) is 0 Å². The van der Waals surface area contributed by atoms with Crippen LogP contribution in [0.15, 0.2) is 48.5 Å². The fourth-order valence-corrected chi connectivity index (χ4v) is 5.51. The van der Waals surface area contributed by atoms with E-state index in [-0.39, 0.29) is 5.78 Å². The molecule has 0 fully saturated rings. The van der Waals surface area contributed by atoms with Crippen molar-refractivity contribution >= 4 is 46.0 Å². The summed E-state index contributed by atoms with van der Waals surface area (Å²) in [4.78, 5) is 12.5. The Kier molecular flexibility index (Phi) is 7.70. The summed E-state index contributed by atoms with van der Waals surface area (Å²) in [5, 5.41) is 36.4. The number of benzene rings is 2. The molecule has 0 aliphatic heterocycles. The zero-order valence-corrected chi connectivity index (χ0v) is 17.1. The number of carbonyl (C=O) groups excluding carboxylic acids is 1. The second-order valence-corrected chi connectivity index (χ2v) is 10.8. The fraction of sp³-hybridized carbons (Fsp3) is 0.235. The Morgan fingerprint density at radius 1 is 0.708 bits per heavy atom. The van der Waals surface area contributed by atoms with Crippen LogP contribution in [0.25, 0.3) is 0 Å². The average molecular weight is 454 g/mol. The number of rotatable bonds is 8. The molecule has 0 aliphatic carbocycles. The van der Waals surface area contributed by atoms with E-state index in [1.54, 1.807) is 24.3 Å². The third-order valence-corrected chi connectivity index (χ3v) is 8.77. The Balaban J connectivity index is 2.00. The van der Waals surface area contributed by atoms with Gasteiger partial charge in [-0.2, -0.15) is 0 Å². The molecule has 2 unspecified atom stereocenters. The number of aliphatic hydroxyl groups is 4.